The molecule has 0 radical (unpaired) electrons. The molecule has 0 heterocycles. The van der Waals surface area contributed by atoms with Gasteiger partial charge in [0.15, 0.2) is 0 Å². The molecule has 0 saturated heterocycles. The lowest BCUT2D eigenvalue weighted by Crippen LogP contribution is -2.04. The summed E-state index contributed by atoms with van der Waals surface area (Å²) in [4.78, 5) is 4.47. The predicted octanol–water partition coefficient (Wildman–Crippen LogP) is 3.39. The highest BCUT2D eigenvalue weighted by Crippen LogP contribution is 2.38. The Morgan fingerprint density at radius 1 is 0.963 bits per heavy atom. The molecule has 27 heavy (non-hydrogen) atoms. The number of phenolic OH excluding ortho intramolecular Hbond substituents is 2. The Balaban J connectivity index is 2.33. The second kappa shape index (κ2) is 8.22. The fraction of sp³-hybridized carbons (Fsp3) is 0.211. The zero-order chi connectivity index (χ0) is 20.1. The van der Waals surface area contributed by atoms with E-state index in [1.54, 1.807) is 13.0 Å². The molecule has 2 rings (SSSR count). The van der Waals surface area contributed by atoms with Gasteiger partial charge in [-0.3, -0.25) is 0 Å². The molecule has 0 saturated carbocycles. The topological polar surface area (TPSA) is 135 Å². The average Bonchev–Trinajstić information content (AvgIpc) is 2.58. The molecule has 8 heteroatoms. The molecule has 144 valence electrons. The number of nitrogens with one attached hydrogen (secondary N) is 1. The molecule has 2 aromatic rings. The van der Waals surface area contributed by atoms with Crippen molar-refractivity contribution in [1.29, 1.82) is 0 Å². The van der Waals surface area contributed by atoms with Gasteiger partial charge in [-0.25, -0.2) is 4.99 Å². The predicted molar refractivity (Wildman–Crippen MR) is 108 cm³/mol. The Labute approximate surface area is 157 Å². The van der Waals surface area contributed by atoms with E-state index < -0.39 is 0 Å². The molecule has 8 nitrogen and oxygen atoms in total. The van der Waals surface area contributed by atoms with Gasteiger partial charge < -0.3 is 36.5 Å². The van der Waals surface area contributed by atoms with Crippen molar-refractivity contribution in [2.75, 3.05) is 31.0 Å². The van der Waals surface area contributed by atoms with Crippen molar-refractivity contribution < 1.29 is 19.7 Å². The van der Waals surface area contributed by atoms with Crippen LogP contribution < -0.4 is 26.3 Å². The normalized spacial score (nSPS) is 12.0. The quantitative estimate of drug-likeness (QED) is 0.298. The van der Waals surface area contributed by atoms with Crippen molar-refractivity contribution in [2.45, 2.75) is 13.8 Å². The van der Waals surface area contributed by atoms with Crippen LogP contribution in [0.2, 0.25) is 0 Å². The summed E-state index contributed by atoms with van der Waals surface area (Å²) in [5.41, 5.74) is 14.9. The Hall–Kier alpha value is -3.55. The van der Waals surface area contributed by atoms with E-state index in [1.165, 1.54) is 38.5 Å². The van der Waals surface area contributed by atoms with E-state index in [9.17, 15) is 10.2 Å². The van der Waals surface area contributed by atoms with Crippen LogP contribution in [0.1, 0.15) is 13.8 Å². The summed E-state index contributed by atoms with van der Waals surface area (Å²) in [7, 11) is 2.97. The molecule has 2 aromatic carbocycles. The Morgan fingerprint density at radius 3 is 2.11 bits per heavy atom. The molecule has 0 bridgehead atoms. The number of aromatic hydroxyl groups is 2. The van der Waals surface area contributed by atoms with E-state index in [1.807, 2.05) is 6.92 Å². The van der Waals surface area contributed by atoms with Gasteiger partial charge in [-0.1, -0.05) is 0 Å². The number of nitrogen functional groups attached to an aromatic ring is 2. The minimum atomic E-state index is 0.00393. The highest BCUT2D eigenvalue weighted by atomic mass is 16.5. The van der Waals surface area contributed by atoms with Gasteiger partial charge in [0.25, 0.3) is 0 Å². The summed E-state index contributed by atoms with van der Waals surface area (Å²) >= 11 is 0. The summed E-state index contributed by atoms with van der Waals surface area (Å²) < 4.78 is 10.5. The molecule has 0 amide bonds. The molecule has 0 aliphatic carbocycles. The first-order chi connectivity index (χ1) is 12.7. The molecule has 0 unspecified atom stereocenters. The monoisotopic (exact) mass is 372 g/mol. The van der Waals surface area contributed by atoms with Crippen LogP contribution >= 0.6 is 0 Å². The number of allylic oxidation sites excluding steroid dienone is 2. The first-order valence-corrected chi connectivity index (χ1v) is 8.08. The number of rotatable bonds is 6. The van der Waals surface area contributed by atoms with Gasteiger partial charge in [0.05, 0.1) is 25.6 Å². The SMILES string of the molecule is COc1cc(O)cc(N)c1N=C(C)C=C(C)Nc1c(N)cc(O)cc1OC. The number of nitrogens with zero attached hydrogens (tertiary/aromatic N) is 1. The highest BCUT2D eigenvalue weighted by Gasteiger charge is 2.11. The van der Waals surface area contributed by atoms with E-state index in [4.69, 9.17) is 20.9 Å². The van der Waals surface area contributed by atoms with E-state index in [0.717, 1.165) is 5.70 Å². The van der Waals surface area contributed by atoms with Crippen LogP contribution in [0.15, 0.2) is 41.0 Å². The number of phenols is 2. The molecule has 7 N–H and O–H groups in total. The van der Waals surface area contributed by atoms with Crippen LogP contribution in [0.4, 0.5) is 22.7 Å². The average molecular weight is 372 g/mol. The number of methoxy groups -OCH3 is 2. The van der Waals surface area contributed by atoms with Crippen LogP contribution in [-0.4, -0.2) is 30.1 Å². The van der Waals surface area contributed by atoms with Crippen molar-refractivity contribution >= 4 is 28.5 Å². The third-order valence-electron chi connectivity index (χ3n) is 3.68. The molecular formula is C19H24N4O4. The number of aliphatic imine (C=N–C) groups is 1. The van der Waals surface area contributed by atoms with Gasteiger partial charge in [0.2, 0.25) is 0 Å². The maximum atomic E-state index is 9.62. The van der Waals surface area contributed by atoms with Crippen LogP contribution in [0.25, 0.3) is 0 Å². The Bertz CT molecular complexity index is 907. The Morgan fingerprint density at radius 2 is 1.52 bits per heavy atom. The number of benzene rings is 2. The lowest BCUT2D eigenvalue weighted by molar-refractivity contribution is 0.409. The van der Waals surface area contributed by atoms with Crippen molar-refractivity contribution in [3.63, 3.8) is 0 Å². The largest absolute Gasteiger partial charge is 0.508 e. The van der Waals surface area contributed by atoms with Gasteiger partial charge in [-0.05, 0) is 19.9 Å². The second-order valence-corrected chi connectivity index (χ2v) is 5.90. The molecule has 0 aliphatic heterocycles. The highest BCUT2D eigenvalue weighted by molar-refractivity contribution is 5.97. The van der Waals surface area contributed by atoms with Crippen LogP contribution in [0.3, 0.4) is 0 Å². The lowest BCUT2D eigenvalue weighted by atomic mass is 10.2. The number of hydrogen-bond donors (Lipinski definition) is 5. The summed E-state index contributed by atoms with van der Waals surface area (Å²) in [5.74, 6) is 0.808. The zero-order valence-corrected chi connectivity index (χ0v) is 15.7. The number of nitrogens with two attached hydrogens (primary N) is 2. The van der Waals surface area contributed by atoms with Crippen molar-refractivity contribution in [1.82, 2.24) is 0 Å². The molecule has 0 spiro atoms. The Kier molecular flexibility index (Phi) is 6.02. The molecule has 0 aliphatic rings. The number of hydrogen-bond acceptors (Lipinski definition) is 8. The van der Waals surface area contributed by atoms with E-state index in [0.29, 0.717) is 40.0 Å². The van der Waals surface area contributed by atoms with E-state index in [2.05, 4.69) is 10.3 Å². The van der Waals surface area contributed by atoms with Crippen molar-refractivity contribution in [3.05, 3.63) is 36.0 Å². The third-order valence-corrected chi connectivity index (χ3v) is 3.68. The summed E-state index contributed by atoms with van der Waals surface area (Å²) in [6.07, 6.45) is 1.79. The van der Waals surface area contributed by atoms with Crippen LogP contribution in [0.5, 0.6) is 23.0 Å². The standard InChI is InChI=1S/C19H24N4O4/c1-10(22-18-14(20)6-12(24)8-16(18)26-3)5-11(2)23-19-15(21)7-13(25)9-17(19)27-4/h5-9,22,24-25H,20-21H2,1-4H3. The number of ether oxygens (including phenoxy) is 2. The summed E-state index contributed by atoms with van der Waals surface area (Å²) in [6, 6.07) is 5.75. The lowest BCUT2D eigenvalue weighted by Gasteiger charge is -2.14. The van der Waals surface area contributed by atoms with Crippen LogP contribution in [0, 0.1) is 0 Å². The van der Waals surface area contributed by atoms with Crippen LogP contribution in [-0.2, 0) is 0 Å². The molecule has 0 atom stereocenters. The molecule has 0 fully saturated rings. The fourth-order valence-corrected chi connectivity index (χ4v) is 2.56. The fourth-order valence-electron chi connectivity index (χ4n) is 2.56. The summed E-state index contributed by atoms with van der Waals surface area (Å²) in [6.45, 7) is 3.64. The van der Waals surface area contributed by atoms with Gasteiger partial charge in [-0.2, -0.15) is 0 Å². The molecular weight excluding hydrogens is 348 g/mol. The van der Waals surface area contributed by atoms with Gasteiger partial charge in [-0.15, -0.1) is 0 Å². The molecule has 0 aromatic heterocycles. The van der Waals surface area contributed by atoms with Gasteiger partial charge >= 0.3 is 0 Å². The van der Waals surface area contributed by atoms with Crippen molar-refractivity contribution in [3.8, 4) is 23.0 Å². The van der Waals surface area contributed by atoms with Gasteiger partial charge in [0.1, 0.15) is 34.4 Å². The van der Waals surface area contributed by atoms with Gasteiger partial charge in [0, 0.05) is 35.7 Å². The number of anilines is 3. The third kappa shape index (κ3) is 4.75. The minimum Gasteiger partial charge on any atom is -0.508 e. The maximum Gasteiger partial charge on any atom is 0.150 e. The minimum absolute atomic E-state index is 0.00393. The zero-order valence-electron chi connectivity index (χ0n) is 15.7. The van der Waals surface area contributed by atoms with E-state index >= 15 is 0 Å². The van der Waals surface area contributed by atoms with Crippen molar-refractivity contribution in [2.24, 2.45) is 4.99 Å². The van der Waals surface area contributed by atoms with E-state index in [-0.39, 0.29) is 11.5 Å². The maximum absolute atomic E-state index is 9.62. The smallest absolute Gasteiger partial charge is 0.150 e. The first kappa shape index (κ1) is 19.8. The second-order valence-electron chi connectivity index (χ2n) is 5.90. The summed E-state index contributed by atoms with van der Waals surface area (Å²) in [5, 5.41) is 22.4. The first-order valence-electron chi connectivity index (χ1n) is 8.08.